The summed E-state index contributed by atoms with van der Waals surface area (Å²) >= 11 is 0. The quantitative estimate of drug-likeness (QED) is 0.475. The van der Waals surface area contributed by atoms with Crippen molar-refractivity contribution in [2.45, 2.75) is 13.3 Å². The Bertz CT molecular complexity index is 823. The maximum atomic E-state index is 12.0. The van der Waals surface area contributed by atoms with Crippen molar-refractivity contribution in [3.8, 4) is 17.2 Å². The molecule has 3 N–H and O–H groups in total. The zero-order valence-corrected chi connectivity index (χ0v) is 15.1. The molecule has 1 aromatic carbocycles. The number of ether oxygens (including phenoxy) is 3. The molecular formula is C17H22N4O5. The van der Waals surface area contributed by atoms with Crippen LogP contribution in [0.4, 0.5) is 5.95 Å². The lowest BCUT2D eigenvalue weighted by atomic mass is 10.2. The molecular weight excluding hydrogens is 340 g/mol. The van der Waals surface area contributed by atoms with Crippen LogP contribution in [0.25, 0.3) is 0 Å². The summed E-state index contributed by atoms with van der Waals surface area (Å²) in [5.74, 6) is 1.70. The second-order valence-corrected chi connectivity index (χ2v) is 5.28. The van der Waals surface area contributed by atoms with Gasteiger partial charge in [-0.25, -0.2) is 10.4 Å². The fourth-order valence-electron chi connectivity index (χ4n) is 2.41. The molecule has 0 saturated carbocycles. The van der Waals surface area contributed by atoms with Crippen LogP contribution < -0.4 is 25.2 Å². The van der Waals surface area contributed by atoms with Crippen LogP contribution in [0.5, 0.6) is 17.2 Å². The van der Waals surface area contributed by atoms with Crippen molar-refractivity contribution in [1.29, 1.82) is 0 Å². The van der Waals surface area contributed by atoms with E-state index in [4.69, 9.17) is 19.3 Å². The molecule has 0 atom stereocenters. The Balaban J connectivity index is 2.22. The van der Waals surface area contributed by atoms with Crippen LogP contribution in [0, 0.1) is 6.92 Å². The first kappa shape index (κ1) is 19.3. The number of aliphatic hydroxyl groups is 1. The Kier molecular flexibility index (Phi) is 6.56. The van der Waals surface area contributed by atoms with Crippen LogP contribution in [-0.4, -0.2) is 49.2 Å². The van der Waals surface area contributed by atoms with Crippen molar-refractivity contribution in [2.24, 2.45) is 5.10 Å². The van der Waals surface area contributed by atoms with Gasteiger partial charge in [-0.05, 0) is 19.1 Å². The van der Waals surface area contributed by atoms with Crippen LogP contribution in [0.15, 0.2) is 22.0 Å². The molecule has 9 nitrogen and oxygen atoms in total. The number of aryl methyl sites for hydroxylation is 1. The molecule has 9 heteroatoms. The molecule has 1 heterocycles. The van der Waals surface area contributed by atoms with Gasteiger partial charge in [0.05, 0.1) is 33.2 Å². The van der Waals surface area contributed by atoms with E-state index in [1.807, 2.05) is 0 Å². The van der Waals surface area contributed by atoms with Crippen LogP contribution in [-0.2, 0) is 6.42 Å². The Morgan fingerprint density at radius 3 is 2.38 bits per heavy atom. The van der Waals surface area contributed by atoms with Gasteiger partial charge in [0, 0.05) is 24.2 Å². The van der Waals surface area contributed by atoms with Gasteiger partial charge in [0.15, 0.2) is 11.5 Å². The molecule has 26 heavy (non-hydrogen) atoms. The summed E-state index contributed by atoms with van der Waals surface area (Å²) in [7, 11) is 4.59. The highest BCUT2D eigenvalue weighted by Crippen LogP contribution is 2.37. The molecule has 0 spiro atoms. The summed E-state index contributed by atoms with van der Waals surface area (Å²) in [6.07, 6.45) is 1.78. The van der Waals surface area contributed by atoms with E-state index in [0.29, 0.717) is 34.1 Å². The number of hydrogen-bond acceptors (Lipinski definition) is 8. The predicted octanol–water partition coefficient (Wildman–Crippen LogP) is 1.08. The van der Waals surface area contributed by atoms with Crippen LogP contribution in [0.1, 0.15) is 16.8 Å². The van der Waals surface area contributed by atoms with Crippen molar-refractivity contribution in [3.63, 3.8) is 0 Å². The highest BCUT2D eigenvalue weighted by atomic mass is 16.5. The van der Waals surface area contributed by atoms with Crippen molar-refractivity contribution < 1.29 is 19.3 Å². The maximum Gasteiger partial charge on any atom is 0.255 e. The molecule has 0 bridgehead atoms. The average molecular weight is 362 g/mol. The largest absolute Gasteiger partial charge is 0.493 e. The van der Waals surface area contributed by atoms with Gasteiger partial charge in [0.2, 0.25) is 11.7 Å². The second-order valence-electron chi connectivity index (χ2n) is 5.28. The van der Waals surface area contributed by atoms with Gasteiger partial charge in [-0.15, -0.1) is 0 Å². The number of aromatic nitrogens is 2. The summed E-state index contributed by atoms with van der Waals surface area (Å²) in [4.78, 5) is 18.8. The third kappa shape index (κ3) is 4.31. The lowest BCUT2D eigenvalue weighted by molar-refractivity contribution is 0.298. The number of aromatic amines is 1. The summed E-state index contributed by atoms with van der Waals surface area (Å²) in [6.45, 7) is 1.59. The number of nitrogens with zero attached hydrogens (tertiary/aromatic N) is 2. The van der Waals surface area contributed by atoms with Gasteiger partial charge < -0.3 is 19.3 Å². The lowest BCUT2D eigenvalue weighted by Crippen LogP contribution is -2.19. The van der Waals surface area contributed by atoms with Crippen molar-refractivity contribution in [1.82, 2.24) is 9.97 Å². The Morgan fingerprint density at radius 1 is 1.23 bits per heavy atom. The van der Waals surface area contributed by atoms with Gasteiger partial charge in [-0.3, -0.25) is 9.78 Å². The van der Waals surface area contributed by atoms with E-state index in [2.05, 4.69) is 20.5 Å². The Hall–Kier alpha value is -3.07. The van der Waals surface area contributed by atoms with Crippen LogP contribution in [0.3, 0.4) is 0 Å². The molecule has 0 aliphatic rings. The molecule has 140 valence electrons. The standard InChI is InChI=1S/C17H22N4O5/c1-10-12(5-6-22)16(23)20-17(19-10)21-18-9-11-7-13(24-2)15(26-4)14(8-11)25-3/h7-9,22H,5-6H2,1-4H3,(H2,19,20,21,23)/b18-9-. The first-order valence-electron chi connectivity index (χ1n) is 7.83. The highest BCUT2D eigenvalue weighted by Gasteiger charge is 2.12. The minimum atomic E-state index is -0.308. The van der Waals surface area contributed by atoms with E-state index in [9.17, 15) is 4.79 Å². The van der Waals surface area contributed by atoms with E-state index < -0.39 is 0 Å². The van der Waals surface area contributed by atoms with Crippen molar-refractivity contribution >= 4 is 12.2 Å². The molecule has 0 amide bonds. The van der Waals surface area contributed by atoms with Crippen molar-refractivity contribution in [3.05, 3.63) is 39.3 Å². The molecule has 0 aliphatic carbocycles. The van der Waals surface area contributed by atoms with Gasteiger partial charge in [-0.2, -0.15) is 5.10 Å². The van der Waals surface area contributed by atoms with Gasteiger partial charge in [0.1, 0.15) is 0 Å². The molecule has 0 fully saturated rings. The van der Waals surface area contributed by atoms with Gasteiger partial charge in [-0.1, -0.05) is 0 Å². The van der Waals surface area contributed by atoms with Crippen molar-refractivity contribution in [2.75, 3.05) is 33.4 Å². The Labute approximate surface area is 150 Å². The van der Waals surface area contributed by atoms with E-state index in [1.165, 1.54) is 27.5 Å². The highest BCUT2D eigenvalue weighted by molar-refractivity contribution is 5.82. The normalized spacial score (nSPS) is 10.8. The van der Waals surface area contributed by atoms with Crippen LogP contribution in [0.2, 0.25) is 0 Å². The number of rotatable bonds is 8. The predicted molar refractivity (Wildman–Crippen MR) is 97.7 cm³/mol. The number of methoxy groups -OCH3 is 3. The third-order valence-electron chi connectivity index (χ3n) is 3.66. The molecule has 2 aromatic rings. The molecule has 0 aliphatic heterocycles. The summed E-state index contributed by atoms with van der Waals surface area (Å²) in [5.41, 5.74) is 4.05. The number of hydrazone groups is 1. The zero-order valence-electron chi connectivity index (χ0n) is 15.1. The summed E-state index contributed by atoms with van der Waals surface area (Å²) in [5, 5.41) is 13.0. The average Bonchev–Trinajstić information content (AvgIpc) is 2.63. The van der Waals surface area contributed by atoms with E-state index in [1.54, 1.807) is 19.1 Å². The molecule has 0 unspecified atom stereocenters. The number of aliphatic hydroxyl groups excluding tert-OH is 1. The Morgan fingerprint density at radius 2 is 1.88 bits per heavy atom. The fourth-order valence-corrected chi connectivity index (χ4v) is 2.41. The molecule has 0 radical (unpaired) electrons. The van der Waals surface area contributed by atoms with E-state index in [0.717, 1.165) is 0 Å². The number of benzene rings is 1. The third-order valence-corrected chi connectivity index (χ3v) is 3.66. The number of hydrogen-bond donors (Lipinski definition) is 3. The second kappa shape index (κ2) is 8.86. The number of nitrogens with one attached hydrogen (secondary N) is 2. The van der Waals surface area contributed by atoms with Gasteiger partial charge >= 0.3 is 0 Å². The van der Waals surface area contributed by atoms with Gasteiger partial charge in [0.25, 0.3) is 5.56 Å². The fraction of sp³-hybridized carbons (Fsp3) is 0.353. The zero-order chi connectivity index (χ0) is 19.1. The monoisotopic (exact) mass is 362 g/mol. The first-order valence-corrected chi connectivity index (χ1v) is 7.83. The molecule has 0 saturated heterocycles. The number of H-pyrrole nitrogens is 1. The topological polar surface area (TPSA) is 118 Å². The lowest BCUT2D eigenvalue weighted by Gasteiger charge is -2.12. The molecule has 2 rings (SSSR count). The smallest absolute Gasteiger partial charge is 0.255 e. The van der Waals surface area contributed by atoms with Crippen LogP contribution >= 0.6 is 0 Å². The summed E-state index contributed by atoms with van der Waals surface area (Å²) < 4.78 is 15.8. The minimum absolute atomic E-state index is 0.113. The van der Waals surface area contributed by atoms with E-state index in [-0.39, 0.29) is 24.5 Å². The SMILES string of the molecule is COc1cc(/C=N\Nc2nc(C)c(CCO)c(=O)[nH]2)cc(OC)c1OC. The molecule has 1 aromatic heterocycles. The minimum Gasteiger partial charge on any atom is -0.493 e. The van der Waals surface area contributed by atoms with E-state index >= 15 is 0 Å². The first-order chi connectivity index (χ1) is 12.5. The summed E-state index contributed by atoms with van der Waals surface area (Å²) in [6, 6.07) is 3.47. The maximum absolute atomic E-state index is 12.0. The number of anilines is 1.